The van der Waals surface area contributed by atoms with Crippen molar-refractivity contribution in [1.29, 1.82) is 0 Å². The maximum Gasteiger partial charge on any atom is 0.290 e. The summed E-state index contributed by atoms with van der Waals surface area (Å²) >= 11 is 0. The minimum atomic E-state index is -0.296. The number of hydrogen-bond acceptors (Lipinski definition) is 2. The smallest absolute Gasteiger partial charge is 0.290 e. The van der Waals surface area contributed by atoms with E-state index in [0.29, 0.717) is 5.70 Å². The zero-order chi connectivity index (χ0) is 10.3. The molecule has 0 unspecified atom stereocenters. The van der Waals surface area contributed by atoms with E-state index in [0.717, 1.165) is 16.5 Å². The first-order valence-corrected chi connectivity index (χ1v) is 4.58. The number of nitrogens with one attached hydrogen (secondary N) is 1. The van der Waals surface area contributed by atoms with Gasteiger partial charge in [-0.05, 0) is 6.07 Å². The second-order valence-electron chi connectivity index (χ2n) is 3.32. The molecule has 0 spiro atoms. The molecule has 4 heteroatoms. The third-order valence-corrected chi connectivity index (χ3v) is 2.38. The molecule has 0 atom stereocenters. The third kappa shape index (κ3) is 1.19. The number of para-hydroxylation sites is 1. The lowest BCUT2D eigenvalue weighted by Gasteiger charge is -1.93. The third-order valence-electron chi connectivity index (χ3n) is 2.38. The predicted molar refractivity (Wildman–Crippen MR) is 56.1 cm³/mol. The highest BCUT2D eigenvalue weighted by molar-refractivity contribution is 6.02. The van der Waals surface area contributed by atoms with E-state index in [9.17, 15) is 4.79 Å². The van der Waals surface area contributed by atoms with Crippen molar-refractivity contribution < 1.29 is 4.79 Å². The summed E-state index contributed by atoms with van der Waals surface area (Å²) in [5, 5.41) is 8.34. The quantitative estimate of drug-likeness (QED) is 0.750. The number of azo groups is 1. The van der Waals surface area contributed by atoms with E-state index in [1.54, 1.807) is 0 Å². The minimum absolute atomic E-state index is 0.296. The van der Waals surface area contributed by atoms with Gasteiger partial charge in [0.15, 0.2) is 0 Å². The van der Waals surface area contributed by atoms with E-state index in [1.807, 2.05) is 30.5 Å². The lowest BCUT2D eigenvalue weighted by Crippen LogP contribution is -1.79. The molecule has 72 valence electrons. The van der Waals surface area contributed by atoms with Gasteiger partial charge in [0.1, 0.15) is 5.70 Å². The molecular weight excluding hydrogens is 190 g/mol. The zero-order valence-electron chi connectivity index (χ0n) is 7.77. The molecule has 1 aromatic carbocycles. The van der Waals surface area contributed by atoms with Crippen molar-refractivity contribution in [3.05, 3.63) is 42.1 Å². The van der Waals surface area contributed by atoms with Crippen LogP contribution in [0.5, 0.6) is 0 Å². The Kier molecular flexibility index (Phi) is 1.56. The normalized spacial score (nSPS) is 14.9. The van der Waals surface area contributed by atoms with Gasteiger partial charge in [0, 0.05) is 28.7 Å². The largest absolute Gasteiger partial charge is 0.360 e. The molecule has 1 N–H and O–H groups in total. The molecule has 0 bridgehead atoms. The monoisotopic (exact) mass is 197 g/mol. The highest BCUT2D eigenvalue weighted by Gasteiger charge is 2.13. The number of rotatable bonds is 1. The summed E-state index contributed by atoms with van der Waals surface area (Å²) in [5.41, 5.74) is 2.57. The summed E-state index contributed by atoms with van der Waals surface area (Å²) in [5.74, 6) is -0.296. The Bertz CT molecular complexity index is 607. The van der Waals surface area contributed by atoms with Gasteiger partial charge in [-0.3, -0.25) is 4.79 Å². The second-order valence-corrected chi connectivity index (χ2v) is 3.32. The van der Waals surface area contributed by atoms with Crippen LogP contribution < -0.4 is 0 Å². The van der Waals surface area contributed by atoms with Gasteiger partial charge in [-0.1, -0.05) is 18.2 Å². The van der Waals surface area contributed by atoms with Gasteiger partial charge in [0.2, 0.25) is 0 Å². The van der Waals surface area contributed by atoms with Gasteiger partial charge in [-0.25, -0.2) is 0 Å². The van der Waals surface area contributed by atoms with Crippen LogP contribution in [-0.2, 0) is 4.79 Å². The van der Waals surface area contributed by atoms with Crippen LogP contribution >= 0.6 is 0 Å². The molecule has 4 nitrogen and oxygen atoms in total. The van der Waals surface area contributed by atoms with E-state index in [4.69, 9.17) is 0 Å². The highest BCUT2D eigenvalue weighted by Crippen LogP contribution is 2.27. The van der Waals surface area contributed by atoms with Gasteiger partial charge in [0.25, 0.3) is 5.91 Å². The number of fused-ring (bicyclic) bond motifs is 1. The molecule has 0 radical (unpaired) electrons. The van der Waals surface area contributed by atoms with Crippen molar-refractivity contribution in [3.8, 4) is 0 Å². The number of aromatic amines is 1. The Morgan fingerprint density at radius 3 is 2.80 bits per heavy atom. The standard InChI is InChI=1S/C11H7N3O/c15-11-5-10(13-14-11)8-6-12-9-4-2-1-3-7(8)9/h1-6,12H. The van der Waals surface area contributed by atoms with Crippen LogP contribution in [0.25, 0.3) is 16.6 Å². The van der Waals surface area contributed by atoms with Crippen molar-refractivity contribution in [2.45, 2.75) is 0 Å². The van der Waals surface area contributed by atoms with Gasteiger partial charge in [-0.2, -0.15) is 0 Å². The first-order valence-electron chi connectivity index (χ1n) is 4.58. The molecule has 0 aliphatic carbocycles. The van der Waals surface area contributed by atoms with Crippen LogP contribution in [0.4, 0.5) is 0 Å². The number of aromatic nitrogens is 1. The summed E-state index contributed by atoms with van der Waals surface area (Å²) in [4.78, 5) is 14.1. The molecule has 3 rings (SSSR count). The Labute approximate surface area is 85.3 Å². The fraction of sp³-hybridized carbons (Fsp3) is 0. The second kappa shape index (κ2) is 2.88. The number of benzene rings is 1. The molecule has 2 aromatic rings. The van der Waals surface area contributed by atoms with Gasteiger partial charge < -0.3 is 4.98 Å². The fourth-order valence-corrected chi connectivity index (χ4v) is 1.69. The first-order chi connectivity index (χ1) is 7.34. The molecule has 15 heavy (non-hydrogen) atoms. The topological polar surface area (TPSA) is 57.6 Å². The van der Waals surface area contributed by atoms with Gasteiger partial charge >= 0.3 is 0 Å². The van der Waals surface area contributed by atoms with Crippen molar-refractivity contribution in [2.24, 2.45) is 10.2 Å². The minimum Gasteiger partial charge on any atom is -0.360 e. The van der Waals surface area contributed by atoms with Gasteiger partial charge in [-0.15, -0.1) is 10.2 Å². The lowest BCUT2D eigenvalue weighted by atomic mass is 10.1. The Morgan fingerprint density at radius 2 is 2.00 bits per heavy atom. The molecule has 1 aromatic heterocycles. The first kappa shape index (κ1) is 8.11. The maximum absolute atomic E-state index is 10.9. The molecule has 0 fully saturated rings. The average Bonchev–Trinajstić information content (AvgIpc) is 2.83. The van der Waals surface area contributed by atoms with Crippen LogP contribution in [0.2, 0.25) is 0 Å². The van der Waals surface area contributed by atoms with E-state index >= 15 is 0 Å². The highest BCUT2D eigenvalue weighted by atomic mass is 16.1. The number of carbonyl (C=O) groups is 1. The molecule has 2 heterocycles. The lowest BCUT2D eigenvalue weighted by molar-refractivity contribution is -0.113. The average molecular weight is 197 g/mol. The summed E-state index contributed by atoms with van der Waals surface area (Å²) in [6, 6.07) is 7.88. The van der Waals surface area contributed by atoms with Crippen LogP contribution in [0.1, 0.15) is 5.56 Å². The summed E-state index contributed by atoms with van der Waals surface area (Å²) < 4.78 is 0. The Balaban J connectivity index is 2.24. The molecular formula is C11H7N3O. The van der Waals surface area contributed by atoms with Crippen molar-refractivity contribution in [3.63, 3.8) is 0 Å². The Hall–Kier alpha value is -2.23. The summed E-state index contributed by atoms with van der Waals surface area (Å²) in [7, 11) is 0. The number of H-pyrrole nitrogens is 1. The van der Waals surface area contributed by atoms with Crippen LogP contribution in [0, 0.1) is 0 Å². The molecule has 1 aliphatic rings. The SMILES string of the molecule is O=C1C=C(c2c[nH]c3ccccc23)N=N1. The Morgan fingerprint density at radius 1 is 1.13 bits per heavy atom. The molecule has 1 aliphatic heterocycles. The van der Waals surface area contributed by atoms with E-state index in [1.165, 1.54) is 6.08 Å². The number of amides is 1. The van der Waals surface area contributed by atoms with Crippen molar-refractivity contribution >= 4 is 22.5 Å². The van der Waals surface area contributed by atoms with Crippen LogP contribution in [-0.4, -0.2) is 10.9 Å². The van der Waals surface area contributed by atoms with Crippen LogP contribution in [0.3, 0.4) is 0 Å². The van der Waals surface area contributed by atoms with E-state index in [2.05, 4.69) is 15.2 Å². The van der Waals surface area contributed by atoms with E-state index < -0.39 is 0 Å². The van der Waals surface area contributed by atoms with Crippen molar-refractivity contribution in [1.82, 2.24) is 4.98 Å². The van der Waals surface area contributed by atoms with Crippen LogP contribution in [0.15, 0.2) is 46.8 Å². The summed E-state index contributed by atoms with van der Waals surface area (Å²) in [6.07, 6.45) is 3.28. The molecule has 0 saturated heterocycles. The fourth-order valence-electron chi connectivity index (χ4n) is 1.69. The molecule has 1 amide bonds. The number of carbonyl (C=O) groups excluding carboxylic acids is 1. The molecule has 0 saturated carbocycles. The number of nitrogens with zero attached hydrogens (tertiary/aromatic N) is 2. The zero-order valence-corrected chi connectivity index (χ0v) is 7.77. The van der Waals surface area contributed by atoms with Gasteiger partial charge in [0.05, 0.1) is 0 Å². The summed E-state index contributed by atoms with van der Waals surface area (Å²) in [6.45, 7) is 0. The maximum atomic E-state index is 10.9. The number of hydrogen-bond donors (Lipinski definition) is 1. The predicted octanol–water partition coefficient (Wildman–Crippen LogP) is 2.50. The van der Waals surface area contributed by atoms with E-state index in [-0.39, 0.29) is 5.91 Å². The van der Waals surface area contributed by atoms with Crippen molar-refractivity contribution in [2.75, 3.05) is 0 Å².